The number of carbonyl (C=O) groups excluding carboxylic acids is 3. The molecule has 0 spiro atoms. The highest BCUT2D eigenvalue weighted by atomic mass is 35.5. The second kappa shape index (κ2) is 9.73. The predicted molar refractivity (Wildman–Crippen MR) is 103 cm³/mol. The summed E-state index contributed by atoms with van der Waals surface area (Å²) in [5.74, 6) is -1.08. The number of carbonyl (C=O) groups is 3. The number of hydrogen-bond donors (Lipinski definition) is 2. The van der Waals surface area contributed by atoms with Gasteiger partial charge in [-0.05, 0) is 36.2 Å². The van der Waals surface area contributed by atoms with E-state index >= 15 is 0 Å². The van der Waals surface area contributed by atoms with Crippen LogP contribution >= 0.6 is 11.6 Å². The van der Waals surface area contributed by atoms with Crippen molar-refractivity contribution >= 4 is 35.1 Å². The first-order valence-corrected chi connectivity index (χ1v) is 8.79. The van der Waals surface area contributed by atoms with Gasteiger partial charge in [-0.2, -0.15) is 0 Å². The highest BCUT2D eigenvalue weighted by molar-refractivity contribution is 6.31. The van der Waals surface area contributed by atoms with Gasteiger partial charge in [0.15, 0.2) is 6.61 Å². The quantitative estimate of drug-likeness (QED) is 0.713. The molecule has 142 valence electrons. The molecule has 2 rings (SSSR count). The van der Waals surface area contributed by atoms with Crippen LogP contribution in [0.3, 0.4) is 0 Å². The van der Waals surface area contributed by atoms with E-state index in [4.69, 9.17) is 16.3 Å². The number of esters is 1. The summed E-state index contributed by atoms with van der Waals surface area (Å²) < 4.78 is 5.02. The molecule has 6 nitrogen and oxygen atoms in total. The average molecular weight is 389 g/mol. The summed E-state index contributed by atoms with van der Waals surface area (Å²) in [7, 11) is 0. The Hall–Kier alpha value is -2.86. The van der Waals surface area contributed by atoms with Crippen molar-refractivity contribution < 1.29 is 19.1 Å². The molecule has 2 aromatic rings. The van der Waals surface area contributed by atoms with Crippen LogP contribution < -0.4 is 10.6 Å². The van der Waals surface area contributed by atoms with Crippen LogP contribution in [0.5, 0.6) is 0 Å². The van der Waals surface area contributed by atoms with Crippen molar-refractivity contribution in [2.24, 2.45) is 0 Å². The monoisotopic (exact) mass is 388 g/mol. The molecule has 1 atom stereocenters. The molecule has 0 saturated heterocycles. The van der Waals surface area contributed by atoms with Crippen molar-refractivity contribution in [2.45, 2.75) is 26.3 Å². The summed E-state index contributed by atoms with van der Waals surface area (Å²) in [6, 6.07) is 13.7. The van der Waals surface area contributed by atoms with Crippen LogP contribution in [0.25, 0.3) is 0 Å². The van der Waals surface area contributed by atoms with Gasteiger partial charge in [-0.15, -0.1) is 0 Å². The minimum atomic E-state index is -0.511. The number of benzene rings is 2. The maximum Gasteiger partial charge on any atom is 0.310 e. The molecule has 0 saturated carbocycles. The van der Waals surface area contributed by atoms with Gasteiger partial charge in [-0.25, -0.2) is 0 Å². The molecule has 0 radical (unpaired) electrons. The third kappa shape index (κ3) is 6.75. The predicted octanol–water partition coefficient (Wildman–Crippen LogP) is 3.26. The van der Waals surface area contributed by atoms with E-state index in [0.717, 1.165) is 11.1 Å². The lowest BCUT2D eigenvalue weighted by Crippen LogP contribution is -2.31. The lowest BCUT2D eigenvalue weighted by atomic mass is 10.1. The molecule has 27 heavy (non-hydrogen) atoms. The Kier molecular flexibility index (Phi) is 7.37. The van der Waals surface area contributed by atoms with E-state index in [0.29, 0.717) is 10.7 Å². The maximum atomic E-state index is 12.0. The Balaban J connectivity index is 1.78. The van der Waals surface area contributed by atoms with Gasteiger partial charge >= 0.3 is 5.97 Å². The summed E-state index contributed by atoms with van der Waals surface area (Å²) in [4.78, 5) is 34.8. The third-order valence-electron chi connectivity index (χ3n) is 3.74. The summed E-state index contributed by atoms with van der Waals surface area (Å²) in [5.41, 5.74) is 2.16. The molecule has 0 heterocycles. The van der Waals surface area contributed by atoms with Crippen LogP contribution in [0, 0.1) is 0 Å². The zero-order valence-electron chi connectivity index (χ0n) is 15.1. The smallest absolute Gasteiger partial charge is 0.310 e. The molecule has 0 unspecified atom stereocenters. The van der Waals surface area contributed by atoms with Gasteiger partial charge in [-0.1, -0.05) is 41.9 Å². The van der Waals surface area contributed by atoms with Crippen molar-refractivity contribution in [3.63, 3.8) is 0 Å². The normalized spacial score (nSPS) is 11.4. The highest BCUT2D eigenvalue weighted by Gasteiger charge is 2.14. The first-order valence-electron chi connectivity index (χ1n) is 8.41. The molecule has 0 fully saturated rings. The van der Waals surface area contributed by atoms with Crippen molar-refractivity contribution in [1.29, 1.82) is 0 Å². The molecular formula is C20H21ClN2O4. The molecule has 0 bridgehead atoms. The number of ether oxygens (including phenoxy) is 1. The molecule has 2 aromatic carbocycles. The zero-order valence-corrected chi connectivity index (χ0v) is 15.9. The van der Waals surface area contributed by atoms with Crippen molar-refractivity contribution in [1.82, 2.24) is 5.32 Å². The Morgan fingerprint density at radius 1 is 1.07 bits per heavy atom. The van der Waals surface area contributed by atoms with Gasteiger partial charge < -0.3 is 15.4 Å². The Labute approximate surface area is 162 Å². The molecule has 0 aliphatic carbocycles. The van der Waals surface area contributed by atoms with Gasteiger partial charge in [0, 0.05) is 17.6 Å². The molecule has 2 amide bonds. The first kappa shape index (κ1) is 20.5. The zero-order chi connectivity index (χ0) is 19.8. The summed E-state index contributed by atoms with van der Waals surface area (Å²) in [5, 5.41) is 5.94. The second-order valence-electron chi connectivity index (χ2n) is 6.03. The topological polar surface area (TPSA) is 84.5 Å². The van der Waals surface area contributed by atoms with Crippen LogP contribution in [-0.2, 0) is 25.5 Å². The summed E-state index contributed by atoms with van der Waals surface area (Å²) >= 11 is 6.10. The van der Waals surface area contributed by atoms with E-state index in [1.807, 2.05) is 18.2 Å². The molecular weight excluding hydrogens is 368 g/mol. The SMILES string of the molecule is CC(=O)Nc1ccc(CC(=O)OCC(=O)N[C@H](C)c2ccccc2Cl)cc1. The molecule has 0 aromatic heterocycles. The minimum Gasteiger partial charge on any atom is -0.455 e. The minimum absolute atomic E-state index is 0.0354. The number of anilines is 1. The van der Waals surface area contributed by atoms with Gasteiger partial charge in [0.25, 0.3) is 5.91 Å². The molecule has 7 heteroatoms. The van der Waals surface area contributed by atoms with Gasteiger partial charge in [0.1, 0.15) is 0 Å². The summed E-state index contributed by atoms with van der Waals surface area (Å²) in [6.45, 7) is 2.86. The van der Waals surface area contributed by atoms with E-state index in [-0.39, 0.29) is 25.0 Å². The largest absolute Gasteiger partial charge is 0.455 e. The van der Waals surface area contributed by atoms with E-state index in [1.165, 1.54) is 6.92 Å². The van der Waals surface area contributed by atoms with Crippen LogP contribution in [0.15, 0.2) is 48.5 Å². The Bertz CT molecular complexity index is 821. The van der Waals surface area contributed by atoms with Gasteiger partial charge in [0.2, 0.25) is 5.91 Å². The molecule has 0 aliphatic heterocycles. The summed E-state index contributed by atoms with van der Waals surface area (Å²) in [6.07, 6.45) is 0.0354. The van der Waals surface area contributed by atoms with Gasteiger partial charge in [-0.3, -0.25) is 14.4 Å². The van der Waals surface area contributed by atoms with E-state index in [2.05, 4.69) is 10.6 Å². The highest BCUT2D eigenvalue weighted by Crippen LogP contribution is 2.21. The maximum absolute atomic E-state index is 12.0. The van der Waals surface area contributed by atoms with E-state index in [9.17, 15) is 14.4 Å². The second-order valence-corrected chi connectivity index (χ2v) is 6.43. The van der Waals surface area contributed by atoms with Crippen molar-refractivity contribution in [2.75, 3.05) is 11.9 Å². The van der Waals surface area contributed by atoms with E-state index < -0.39 is 11.9 Å². The first-order chi connectivity index (χ1) is 12.8. The lowest BCUT2D eigenvalue weighted by molar-refractivity contribution is -0.148. The fraction of sp³-hybridized carbons (Fsp3) is 0.250. The molecule has 0 aliphatic rings. The third-order valence-corrected chi connectivity index (χ3v) is 4.08. The van der Waals surface area contributed by atoms with Crippen molar-refractivity contribution in [3.8, 4) is 0 Å². The van der Waals surface area contributed by atoms with E-state index in [1.54, 1.807) is 37.3 Å². The van der Waals surface area contributed by atoms with Gasteiger partial charge in [0.05, 0.1) is 12.5 Å². The van der Waals surface area contributed by atoms with Crippen molar-refractivity contribution in [3.05, 3.63) is 64.7 Å². The number of hydrogen-bond acceptors (Lipinski definition) is 4. The number of halogens is 1. The fourth-order valence-electron chi connectivity index (χ4n) is 2.46. The number of nitrogens with one attached hydrogen (secondary N) is 2. The standard InChI is InChI=1S/C20H21ClN2O4/c1-13(17-5-3-4-6-18(17)21)22-19(25)12-27-20(26)11-15-7-9-16(10-8-15)23-14(2)24/h3-10,13H,11-12H2,1-2H3,(H,22,25)(H,23,24)/t13-/m1/s1. The number of rotatable bonds is 7. The average Bonchev–Trinajstić information content (AvgIpc) is 2.61. The lowest BCUT2D eigenvalue weighted by Gasteiger charge is -2.15. The fourth-order valence-corrected chi connectivity index (χ4v) is 2.76. The molecule has 2 N–H and O–H groups in total. The number of amides is 2. The Morgan fingerprint density at radius 2 is 1.74 bits per heavy atom. The van der Waals surface area contributed by atoms with Crippen LogP contribution in [-0.4, -0.2) is 24.4 Å². The van der Waals surface area contributed by atoms with Crippen LogP contribution in [0.1, 0.15) is 31.0 Å². The Morgan fingerprint density at radius 3 is 2.37 bits per heavy atom. The van der Waals surface area contributed by atoms with Crippen LogP contribution in [0.4, 0.5) is 5.69 Å². The van der Waals surface area contributed by atoms with Crippen LogP contribution in [0.2, 0.25) is 5.02 Å².